The van der Waals surface area contributed by atoms with Gasteiger partial charge < -0.3 is 5.32 Å². The molecule has 0 spiro atoms. The van der Waals surface area contributed by atoms with Gasteiger partial charge in [-0.25, -0.2) is 0 Å². The van der Waals surface area contributed by atoms with Gasteiger partial charge in [-0.2, -0.15) is 0 Å². The van der Waals surface area contributed by atoms with E-state index in [2.05, 4.69) is 51.6 Å². The van der Waals surface area contributed by atoms with Crippen LogP contribution in [0.2, 0.25) is 0 Å². The van der Waals surface area contributed by atoms with Crippen molar-refractivity contribution in [3.8, 4) is 0 Å². The summed E-state index contributed by atoms with van der Waals surface area (Å²) in [5.41, 5.74) is 3.64. The maximum absolute atomic E-state index is 12.7. The van der Waals surface area contributed by atoms with Crippen molar-refractivity contribution in [2.24, 2.45) is 11.3 Å². The quantitative estimate of drug-likeness (QED) is 0.922. The molecule has 3 atom stereocenters. The van der Waals surface area contributed by atoms with Gasteiger partial charge in [0.05, 0.1) is 6.04 Å². The van der Waals surface area contributed by atoms with Crippen LogP contribution in [0.4, 0.5) is 0 Å². The lowest BCUT2D eigenvalue weighted by Crippen LogP contribution is -2.40. The fraction of sp³-hybridized carbons (Fsp3) is 0.455. The van der Waals surface area contributed by atoms with Gasteiger partial charge in [0.15, 0.2) is 0 Å². The van der Waals surface area contributed by atoms with Crippen LogP contribution in [0.5, 0.6) is 0 Å². The highest BCUT2D eigenvalue weighted by Crippen LogP contribution is 2.49. The third-order valence-corrected chi connectivity index (χ3v) is 5.72. The monoisotopic (exact) mass is 349 g/mol. The van der Waals surface area contributed by atoms with E-state index in [0.717, 1.165) is 19.6 Å². The second-order valence-electron chi connectivity index (χ2n) is 8.65. The highest BCUT2D eigenvalue weighted by molar-refractivity contribution is 5.82. The van der Waals surface area contributed by atoms with Gasteiger partial charge in [0, 0.05) is 49.3 Å². The van der Waals surface area contributed by atoms with Gasteiger partial charge in [-0.3, -0.25) is 14.7 Å². The summed E-state index contributed by atoms with van der Waals surface area (Å²) >= 11 is 0. The smallest absolute Gasteiger partial charge is 0.225 e. The minimum Gasteiger partial charge on any atom is -0.348 e. The van der Waals surface area contributed by atoms with Gasteiger partial charge in [0.25, 0.3) is 0 Å². The highest BCUT2D eigenvalue weighted by Gasteiger charge is 2.47. The van der Waals surface area contributed by atoms with Crippen molar-refractivity contribution in [3.63, 3.8) is 0 Å². The van der Waals surface area contributed by atoms with Crippen LogP contribution in [-0.4, -0.2) is 28.9 Å². The maximum atomic E-state index is 12.7. The largest absolute Gasteiger partial charge is 0.348 e. The summed E-state index contributed by atoms with van der Waals surface area (Å²) in [7, 11) is 0. The molecule has 1 aliphatic heterocycles. The topological polar surface area (TPSA) is 45.2 Å². The molecule has 1 aromatic carbocycles. The molecule has 1 N–H and O–H groups in total. The number of nitrogens with one attached hydrogen (secondary N) is 1. The average Bonchev–Trinajstić information content (AvgIpc) is 3.13. The van der Waals surface area contributed by atoms with Crippen molar-refractivity contribution < 1.29 is 4.79 Å². The first kappa shape index (κ1) is 17.2. The molecule has 4 heteroatoms. The van der Waals surface area contributed by atoms with E-state index in [9.17, 15) is 4.79 Å². The predicted molar refractivity (Wildman–Crippen MR) is 103 cm³/mol. The van der Waals surface area contributed by atoms with E-state index < -0.39 is 0 Å². The molecular formula is C22H27N3O. The van der Waals surface area contributed by atoms with Crippen LogP contribution in [0.3, 0.4) is 0 Å². The molecule has 1 aromatic heterocycles. The second-order valence-corrected chi connectivity index (χ2v) is 8.65. The molecule has 26 heavy (non-hydrogen) atoms. The van der Waals surface area contributed by atoms with Crippen molar-refractivity contribution in [1.82, 2.24) is 15.2 Å². The van der Waals surface area contributed by atoms with Crippen LogP contribution < -0.4 is 5.32 Å². The number of nitrogens with zero attached hydrogens (tertiary/aromatic N) is 2. The number of likely N-dealkylation sites (tertiary alicyclic amines) is 1. The van der Waals surface area contributed by atoms with E-state index in [1.165, 1.54) is 16.7 Å². The van der Waals surface area contributed by atoms with Gasteiger partial charge >= 0.3 is 0 Å². The number of amides is 1. The third-order valence-electron chi connectivity index (χ3n) is 5.72. The Kier molecular flexibility index (Phi) is 4.31. The van der Waals surface area contributed by atoms with E-state index in [-0.39, 0.29) is 17.4 Å². The van der Waals surface area contributed by atoms with E-state index >= 15 is 0 Å². The first-order valence-electron chi connectivity index (χ1n) is 9.44. The molecule has 0 saturated carbocycles. The fourth-order valence-electron chi connectivity index (χ4n) is 4.36. The van der Waals surface area contributed by atoms with Crippen LogP contribution >= 0.6 is 0 Å². The number of carbonyl (C=O) groups excluding carboxylic acids is 1. The Morgan fingerprint density at radius 3 is 2.50 bits per heavy atom. The average molecular weight is 349 g/mol. The number of carbonyl (C=O) groups is 1. The van der Waals surface area contributed by atoms with Gasteiger partial charge in [0.2, 0.25) is 5.91 Å². The number of rotatable bonds is 3. The van der Waals surface area contributed by atoms with Crippen LogP contribution in [0.1, 0.15) is 49.4 Å². The number of hydrogen-bond acceptors (Lipinski definition) is 3. The Hall–Kier alpha value is -2.20. The van der Waals surface area contributed by atoms with Crippen LogP contribution in [0.25, 0.3) is 0 Å². The summed E-state index contributed by atoms with van der Waals surface area (Å²) in [6, 6.07) is 12.9. The van der Waals surface area contributed by atoms with Gasteiger partial charge in [-0.15, -0.1) is 0 Å². The van der Waals surface area contributed by atoms with E-state index in [0.29, 0.717) is 11.8 Å². The molecule has 1 amide bonds. The van der Waals surface area contributed by atoms with Crippen molar-refractivity contribution >= 4 is 5.91 Å². The molecule has 0 radical (unpaired) electrons. The Morgan fingerprint density at radius 2 is 1.81 bits per heavy atom. The van der Waals surface area contributed by atoms with Gasteiger partial charge in [-0.05, 0) is 28.8 Å². The zero-order valence-electron chi connectivity index (χ0n) is 15.8. The number of pyridine rings is 1. The van der Waals surface area contributed by atoms with Crippen molar-refractivity contribution in [2.75, 3.05) is 13.1 Å². The summed E-state index contributed by atoms with van der Waals surface area (Å²) in [5.74, 6) is 1.07. The standard InChI is InChI=1S/C22H27N3O/c1-22(2,3)21(26)24-20-17-7-5-4-6-16(17)18-13-25(14-19(18)20)12-15-8-10-23-11-9-15/h4-11,18-20H,12-14H2,1-3H3,(H,24,26)/t18-,19-,20+/m0/s1. The molecule has 1 saturated heterocycles. The predicted octanol–water partition coefficient (Wildman–Crippen LogP) is 3.51. The van der Waals surface area contributed by atoms with Crippen molar-refractivity contribution in [1.29, 1.82) is 0 Å². The number of fused-ring (bicyclic) bond motifs is 3. The van der Waals surface area contributed by atoms with Gasteiger partial charge in [0.1, 0.15) is 0 Å². The highest BCUT2D eigenvalue weighted by atomic mass is 16.2. The van der Waals surface area contributed by atoms with Crippen LogP contribution in [0.15, 0.2) is 48.8 Å². The molecule has 2 aliphatic rings. The first-order valence-corrected chi connectivity index (χ1v) is 9.44. The number of aromatic nitrogens is 1. The summed E-state index contributed by atoms with van der Waals surface area (Å²) < 4.78 is 0. The summed E-state index contributed by atoms with van der Waals surface area (Å²) in [6.45, 7) is 8.93. The number of hydrogen-bond donors (Lipinski definition) is 1. The molecule has 136 valence electrons. The lowest BCUT2D eigenvalue weighted by atomic mass is 9.91. The minimum atomic E-state index is -0.373. The zero-order chi connectivity index (χ0) is 18.3. The fourth-order valence-corrected chi connectivity index (χ4v) is 4.36. The van der Waals surface area contributed by atoms with Crippen LogP contribution in [-0.2, 0) is 11.3 Å². The Morgan fingerprint density at radius 1 is 1.12 bits per heavy atom. The van der Waals surface area contributed by atoms with Crippen molar-refractivity contribution in [3.05, 3.63) is 65.5 Å². The van der Waals surface area contributed by atoms with E-state index in [1.54, 1.807) is 0 Å². The minimum absolute atomic E-state index is 0.116. The summed E-state index contributed by atoms with van der Waals surface area (Å²) in [4.78, 5) is 19.3. The molecule has 2 aromatic rings. The van der Waals surface area contributed by atoms with E-state index in [1.807, 2.05) is 33.2 Å². The lowest BCUT2D eigenvalue weighted by Gasteiger charge is -2.26. The summed E-state index contributed by atoms with van der Waals surface area (Å²) in [5, 5.41) is 3.36. The molecule has 0 unspecified atom stereocenters. The second kappa shape index (κ2) is 6.51. The maximum Gasteiger partial charge on any atom is 0.225 e. The van der Waals surface area contributed by atoms with Crippen molar-refractivity contribution in [2.45, 2.75) is 39.3 Å². The Bertz CT molecular complexity index is 797. The Labute approximate surface area is 155 Å². The zero-order valence-corrected chi connectivity index (χ0v) is 15.8. The molecule has 1 fully saturated rings. The molecule has 2 heterocycles. The SMILES string of the molecule is CC(C)(C)C(=O)N[C@@H]1c2ccccc2[C@@H]2CN(Cc3ccncc3)C[C@H]12. The molecule has 1 aliphatic carbocycles. The Balaban J connectivity index is 1.57. The van der Waals surface area contributed by atoms with Gasteiger partial charge in [-0.1, -0.05) is 45.0 Å². The molecule has 4 rings (SSSR count). The molecular weight excluding hydrogens is 322 g/mol. The normalized spacial score (nSPS) is 25.0. The van der Waals surface area contributed by atoms with Crippen LogP contribution in [0, 0.1) is 11.3 Å². The molecule has 0 bridgehead atoms. The summed E-state index contributed by atoms with van der Waals surface area (Å²) in [6.07, 6.45) is 3.71. The van der Waals surface area contributed by atoms with E-state index in [4.69, 9.17) is 0 Å². The third kappa shape index (κ3) is 3.14. The lowest BCUT2D eigenvalue weighted by molar-refractivity contribution is -0.129. The first-order chi connectivity index (χ1) is 12.4. The molecule has 4 nitrogen and oxygen atoms in total. The number of benzene rings is 1.